The van der Waals surface area contributed by atoms with Crippen molar-refractivity contribution < 1.29 is 19.8 Å². The third-order valence-electron chi connectivity index (χ3n) is 4.76. The van der Waals surface area contributed by atoms with Gasteiger partial charge in [-0.1, -0.05) is 12.2 Å². The minimum atomic E-state index is -1.08. The third-order valence-corrected chi connectivity index (χ3v) is 4.76. The summed E-state index contributed by atoms with van der Waals surface area (Å²) in [4.78, 5) is 25.0. The molecule has 1 atom stereocenters. The Balaban J connectivity index is 0.000000300. The average molecular weight is 385 g/mol. The van der Waals surface area contributed by atoms with Gasteiger partial charge in [-0.3, -0.25) is 14.5 Å². The predicted octanol–water partition coefficient (Wildman–Crippen LogP) is 2.83. The maximum absolute atomic E-state index is 9.64. The standard InChI is InChI=1S/C17H21N3.C4H6O4/c1-3-7-20(8-4-2)13-9-12-11-19-16-6-5-15(18)14(10-13)17(12)16;5-3(6)1-2-4(7)8/h3-6,11,13,19H,1-2,7-10,18H2;1-2H2,(H,5,6)(H,7,8). The van der Waals surface area contributed by atoms with Gasteiger partial charge in [0, 0.05) is 41.9 Å². The second kappa shape index (κ2) is 9.75. The van der Waals surface area contributed by atoms with Gasteiger partial charge in [-0.05, 0) is 36.1 Å². The molecule has 3 rings (SSSR count). The van der Waals surface area contributed by atoms with E-state index in [4.69, 9.17) is 15.9 Å². The van der Waals surface area contributed by atoms with Crippen LogP contribution in [-0.4, -0.2) is 51.2 Å². The number of hydrogen-bond donors (Lipinski definition) is 4. The van der Waals surface area contributed by atoms with Crippen LogP contribution in [0.5, 0.6) is 0 Å². The number of aromatic amines is 1. The first-order valence-corrected chi connectivity index (χ1v) is 9.14. The maximum Gasteiger partial charge on any atom is 0.303 e. The summed E-state index contributed by atoms with van der Waals surface area (Å²) in [5, 5.41) is 17.1. The molecule has 0 saturated heterocycles. The summed E-state index contributed by atoms with van der Waals surface area (Å²) >= 11 is 0. The number of carboxylic acids is 2. The van der Waals surface area contributed by atoms with Gasteiger partial charge in [0.2, 0.25) is 0 Å². The molecular formula is C21H27N3O4. The first-order chi connectivity index (χ1) is 13.4. The summed E-state index contributed by atoms with van der Waals surface area (Å²) < 4.78 is 0. The fourth-order valence-corrected chi connectivity index (χ4v) is 3.51. The molecule has 1 aliphatic rings. The second-order valence-electron chi connectivity index (χ2n) is 6.75. The monoisotopic (exact) mass is 385 g/mol. The van der Waals surface area contributed by atoms with Crippen molar-refractivity contribution in [1.29, 1.82) is 0 Å². The van der Waals surface area contributed by atoms with Gasteiger partial charge in [0.1, 0.15) is 0 Å². The quantitative estimate of drug-likeness (QED) is 0.410. The Morgan fingerprint density at radius 3 is 2.29 bits per heavy atom. The summed E-state index contributed by atoms with van der Waals surface area (Å²) in [6.07, 6.45) is 7.50. The minimum Gasteiger partial charge on any atom is -0.481 e. The number of aromatic nitrogens is 1. The molecular weight excluding hydrogens is 358 g/mol. The van der Waals surface area contributed by atoms with E-state index in [1.165, 1.54) is 22.0 Å². The molecule has 1 heterocycles. The van der Waals surface area contributed by atoms with E-state index in [-0.39, 0.29) is 12.8 Å². The van der Waals surface area contributed by atoms with Gasteiger partial charge in [0.05, 0.1) is 12.8 Å². The molecule has 0 spiro atoms. The lowest BCUT2D eigenvalue weighted by atomic mass is 9.87. The lowest BCUT2D eigenvalue weighted by Gasteiger charge is -2.33. The van der Waals surface area contributed by atoms with Crippen molar-refractivity contribution in [3.63, 3.8) is 0 Å². The molecule has 150 valence electrons. The van der Waals surface area contributed by atoms with E-state index in [2.05, 4.69) is 35.3 Å². The summed E-state index contributed by atoms with van der Waals surface area (Å²) in [5.74, 6) is -2.15. The Kier molecular flexibility index (Phi) is 7.40. The topological polar surface area (TPSA) is 120 Å². The lowest BCUT2D eigenvalue weighted by molar-refractivity contribution is -0.143. The first kappa shape index (κ1) is 21.2. The van der Waals surface area contributed by atoms with Crippen LogP contribution in [0.3, 0.4) is 0 Å². The van der Waals surface area contributed by atoms with Crippen molar-refractivity contribution in [2.75, 3.05) is 18.8 Å². The van der Waals surface area contributed by atoms with Crippen LogP contribution in [0.25, 0.3) is 10.9 Å². The summed E-state index contributed by atoms with van der Waals surface area (Å²) in [7, 11) is 0. The van der Waals surface area contributed by atoms with E-state index in [9.17, 15) is 9.59 Å². The van der Waals surface area contributed by atoms with Gasteiger partial charge < -0.3 is 20.9 Å². The van der Waals surface area contributed by atoms with Crippen molar-refractivity contribution in [2.24, 2.45) is 0 Å². The number of carbonyl (C=O) groups is 2. The molecule has 7 heteroatoms. The van der Waals surface area contributed by atoms with Gasteiger partial charge in [0.25, 0.3) is 0 Å². The molecule has 1 aromatic carbocycles. The Morgan fingerprint density at radius 1 is 1.14 bits per heavy atom. The number of anilines is 1. The molecule has 0 fully saturated rings. The first-order valence-electron chi connectivity index (χ1n) is 9.14. The second-order valence-corrected chi connectivity index (χ2v) is 6.75. The molecule has 28 heavy (non-hydrogen) atoms. The molecule has 7 nitrogen and oxygen atoms in total. The third kappa shape index (κ3) is 5.23. The number of nitrogens with two attached hydrogens (primary N) is 1. The van der Waals surface area contributed by atoms with Crippen LogP contribution in [0, 0.1) is 0 Å². The van der Waals surface area contributed by atoms with E-state index in [0.29, 0.717) is 6.04 Å². The fraction of sp³-hybridized carbons (Fsp3) is 0.333. The number of carboxylic acid groups (broad SMARTS) is 2. The van der Waals surface area contributed by atoms with Crippen LogP contribution in [-0.2, 0) is 22.4 Å². The van der Waals surface area contributed by atoms with Crippen LogP contribution in [0.15, 0.2) is 43.6 Å². The number of nitrogen functional groups attached to an aromatic ring is 1. The Hall–Kier alpha value is -3.06. The molecule has 5 N–H and O–H groups in total. The number of hydrogen-bond acceptors (Lipinski definition) is 4. The fourth-order valence-electron chi connectivity index (χ4n) is 3.51. The molecule has 0 bridgehead atoms. The van der Waals surface area contributed by atoms with Crippen LogP contribution < -0.4 is 5.73 Å². The van der Waals surface area contributed by atoms with E-state index in [1.54, 1.807) is 0 Å². The Bertz CT molecular complexity index is 848. The van der Waals surface area contributed by atoms with Crippen molar-refractivity contribution in [3.05, 3.63) is 54.8 Å². The molecule has 2 aromatic rings. The highest BCUT2D eigenvalue weighted by molar-refractivity contribution is 5.91. The molecule has 1 aliphatic carbocycles. The SMILES string of the molecule is C=CCN(CC=C)C1Cc2c[nH]c3ccc(N)c(c23)C1.O=C(O)CCC(=O)O. The molecule has 0 amide bonds. The zero-order chi connectivity index (χ0) is 20.7. The molecule has 0 aliphatic heterocycles. The van der Waals surface area contributed by atoms with Crippen molar-refractivity contribution in [2.45, 2.75) is 31.7 Å². The zero-order valence-corrected chi connectivity index (χ0v) is 15.9. The highest BCUT2D eigenvalue weighted by atomic mass is 16.4. The molecule has 0 saturated carbocycles. The van der Waals surface area contributed by atoms with E-state index in [0.717, 1.165) is 31.6 Å². The molecule has 0 radical (unpaired) electrons. The van der Waals surface area contributed by atoms with Crippen LogP contribution in [0.4, 0.5) is 5.69 Å². The highest BCUT2D eigenvalue weighted by Crippen LogP contribution is 2.34. The largest absolute Gasteiger partial charge is 0.481 e. The highest BCUT2D eigenvalue weighted by Gasteiger charge is 2.26. The number of aliphatic carboxylic acids is 2. The summed E-state index contributed by atoms with van der Waals surface area (Å²) in [6, 6.07) is 4.54. The number of rotatable bonds is 8. The van der Waals surface area contributed by atoms with Crippen molar-refractivity contribution in [1.82, 2.24) is 9.88 Å². The van der Waals surface area contributed by atoms with Crippen LogP contribution in [0.1, 0.15) is 24.0 Å². The lowest BCUT2D eigenvalue weighted by Crippen LogP contribution is -2.40. The van der Waals surface area contributed by atoms with Crippen LogP contribution >= 0.6 is 0 Å². The van der Waals surface area contributed by atoms with Crippen molar-refractivity contribution in [3.8, 4) is 0 Å². The van der Waals surface area contributed by atoms with Gasteiger partial charge in [-0.15, -0.1) is 13.2 Å². The summed E-state index contributed by atoms with van der Waals surface area (Å²) in [5.41, 5.74) is 11.0. The molecule has 1 aromatic heterocycles. The number of benzene rings is 1. The van der Waals surface area contributed by atoms with E-state index >= 15 is 0 Å². The van der Waals surface area contributed by atoms with Gasteiger partial charge in [-0.2, -0.15) is 0 Å². The number of nitrogens with one attached hydrogen (secondary N) is 1. The van der Waals surface area contributed by atoms with Gasteiger partial charge in [0.15, 0.2) is 0 Å². The predicted molar refractivity (Wildman–Crippen MR) is 110 cm³/mol. The number of nitrogens with zero attached hydrogens (tertiary/aromatic N) is 1. The van der Waals surface area contributed by atoms with Crippen LogP contribution in [0.2, 0.25) is 0 Å². The normalized spacial score (nSPS) is 15.0. The van der Waals surface area contributed by atoms with Gasteiger partial charge in [-0.25, -0.2) is 0 Å². The molecule has 1 unspecified atom stereocenters. The summed E-state index contributed by atoms with van der Waals surface area (Å²) in [6.45, 7) is 9.49. The van der Waals surface area contributed by atoms with Crippen molar-refractivity contribution >= 4 is 28.5 Å². The zero-order valence-electron chi connectivity index (χ0n) is 15.9. The van der Waals surface area contributed by atoms with E-state index in [1.807, 2.05) is 18.2 Å². The minimum absolute atomic E-state index is 0.296. The smallest absolute Gasteiger partial charge is 0.303 e. The average Bonchev–Trinajstić information content (AvgIpc) is 3.07. The number of H-pyrrole nitrogens is 1. The van der Waals surface area contributed by atoms with Gasteiger partial charge >= 0.3 is 11.9 Å². The Morgan fingerprint density at radius 2 is 1.75 bits per heavy atom. The van der Waals surface area contributed by atoms with E-state index < -0.39 is 11.9 Å². The Labute approximate surface area is 164 Å². The maximum atomic E-state index is 9.64.